The van der Waals surface area contributed by atoms with Gasteiger partial charge in [0, 0.05) is 31.2 Å². The normalized spacial score (nSPS) is 16.5. The Bertz CT molecular complexity index is 853. The minimum absolute atomic E-state index is 0.0126. The molecule has 9 heteroatoms. The van der Waals surface area contributed by atoms with E-state index >= 15 is 0 Å². The fourth-order valence-electron chi connectivity index (χ4n) is 2.66. The van der Waals surface area contributed by atoms with Crippen molar-refractivity contribution >= 4 is 17.7 Å². The van der Waals surface area contributed by atoms with Crippen LogP contribution in [-0.4, -0.2) is 52.0 Å². The monoisotopic (exact) mass is 370 g/mol. The lowest BCUT2D eigenvalue weighted by molar-refractivity contribution is -0.384. The average Bonchev–Trinajstić information content (AvgIpc) is 3.15. The highest BCUT2D eigenvalue weighted by atomic mass is 16.6. The van der Waals surface area contributed by atoms with Gasteiger partial charge in [0.1, 0.15) is 6.10 Å². The highest BCUT2D eigenvalue weighted by Gasteiger charge is 2.27. The zero-order valence-corrected chi connectivity index (χ0v) is 14.6. The number of methoxy groups -OCH3 is 1. The van der Waals surface area contributed by atoms with Crippen LogP contribution in [0.5, 0.6) is 11.8 Å². The Balaban J connectivity index is 1.54. The number of nitrogens with zero attached hydrogens (tertiary/aromatic N) is 4. The van der Waals surface area contributed by atoms with Gasteiger partial charge in [-0.3, -0.25) is 19.9 Å². The maximum atomic E-state index is 12.3. The first-order chi connectivity index (χ1) is 13.0. The van der Waals surface area contributed by atoms with Crippen molar-refractivity contribution in [3.05, 3.63) is 58.4 Å². The summed E-state index contributed by atoms with van der Waals surface area (Å²) in [5, 5.41) is 10.6. The number of likely N-dealkylation sites (tertiary alicyclic amines) is 1. The van der Waals surface area contributed by atoms with E-state index in [2.05, 4.69) is 9.97 Å². The number of amides is 1. The second-order valence-corrected chi connectivity index (χ2v) is 5.89. The molecule has 1 amide bonds. The Kier molecular flexibility index (Phi) is 5.60. The van der Waals surface area contributed by atoms with Gasteiger partial charge >= 0.3 is 0 Å². The van der Waals surface area contributed by atoms with Crippen molar-refractivity contribution in [1.82, 2.24) is 14.9 Å². The maximum Gasteiger partial charge on any atom is 0.269 e. The van der Waals surface area contributed by atoms with Crippen molar-refractivity contribution in [3.8, 4) is 11.8 Å². The molecule has 1 atom stereocenters. The Hall–Kier alpha value is -3.49. The minimum Gasteiger partial charge on any atom is -0.480 e. The van der Waals surface area contributed by atoms with E-state index in [0.717, 1.165) is 0 Å². The lowest BCUT2D eigenvalue weighted by atomic mass is 10.2. The summed E-state index contributed by atoms with van der Waals surface area (Å²) in [6, 6.07) is 6.00. The molecular formula is C18H18N4O5. The molecule has 1 unspecified atom stereocenters. The van der Waals surface area contributed by atoms with E-state index in [1.54, 1.807) is 23.1 Å². The van der Waals surface area contributed by atoms with Gasteiger partial charge in [-0.05, 0) is 23.8 Å². The first kappa shape index (κ1) is 18.3. The van der Waals surface area contributed by atoms with Crippen molar-refractivity contribution in [2.45, 2.75) is 12.5 Å². The number of benzene rings is 1. The van der Waals surface area contributed by atoms with Crippen molar-refractivity contribution in [2.24, 2.45) is 0 Å². The van der Waals surface area contributed by atoms with Crippen LogP contribution in [0.2, 0.25) is 0 Å². The molecule has 0 spiro atoms. The molecule has 0 aliphatic carbocycles. The summed E-state index contributed by atoms with van der Waals surface area (Å²) in [5.74, 6) is 0.579. The molecule has 1 aliphatic rings. The molecule has 1 saturated heterocycles. The lowest BCUT2D eigenvalue weighted by Crippen LogP contribution is -2.29. The molecule has 140 valence electrons. The standard InChI is InChI=1S/C18H18N4O5/c1-26-16-10-19-11-17(20-16)27-15-8-9-21(12-15)18(23)7-4-13-2-5-14(6-3-13)22(24)25/h2-7,10-11,15H,8-9,12H2,1H3/b7-4+. The molecule has 2 heterocycles. The highest BCUT2D eigenvalue weighted by Crippen LogP contribution is 2.19. The van der Waals surface area contributed by atoms with E-state index in [4.69, 9.17) is 9.47 Å². The molecule has 2 aromatic rings. The molecule has 0 saturated carbocycles. The van der Waals surface area contributed by atoms with Gasteiger partial charge in [-0.25, -0.2) is 0 Å². The van der Waals surface area contributed by atoms with Crippen molar-refractivity contribution in [2.75, 3.05) is 20.2 Å². The third-order valence-electron chi connectivity index (χ3n) is 4.07. The molecule has 0 bridgehead atoms. The summed E-state index contributed by atoms with van der Waals surface area (Å²) in [6.07, 6.45) is 6.60. The maximum absolute atomic E-state index is 12.3. The van der Waals surface area contributed by atoms with Crippen LogP contribution in [0, 0.1) is 10.1 Å². The predicted molar refractivity (Wildman–Crippen MR) is 96.3 cm³/mol. The smallest absolute Gasteiger partial charge is 0.269 e. The summed E-state index contributed by atoms with van der Waals surface area (Å²) >= 11 is 0. The molecule has 1 fully saturated rings. The van der Waals surface area contributed by atoms with Gasteiger partial charge in [0.2, 0.25) is 17.7 Å². The molecule has 1 aliphatic heterocycles. The summed E-state index contributed by atoms with van der Waals surface area (Å²) in [4.78, 5) is 32.3. The molecule has 9 nitrogen and oxygen atoms in total. The predicted octanol–water partition coefficient (Wildman–Crippen LogP) is 2.09. The second-order valence-electron chi connectivity index (χ2n) is 5.89. The fraction of sp³-hybridized carbons (Fsp3) is 0.278. The number of nitro benzene ring substituents is 1. The van der Waals surface area contributed by atoms with E-state index in [0.29, 0.717) is 36.8 Å². The number of carbonyl (C=O) groups excluding carboxylic acids is 1. The van der Waals surface area contributed by atoms with E-state index in [1.165, 1.54) is 37.7 Å². The Labute approximate surface area is 155 Å². The van der Waals surface area contributed by atoms with E-state index in [1.807, 2.05) is 0 Å². The van der Waals surface area contributed by atoms with Crippen LogP contribution >= 0.6 is 0 Å². The summed E-state index contributed by atoms with van der Waals surface area (Å²) in [5.41, 5.74) is 0.728. The second kappa shape index (κ2) is 8.26. The van der Waals surface area contributed by atoms with Gasteiger partial charge in [-0.1, -0.05) is 0 Å². The van der Waals surface area contributed by atoms with Crippen LogP contribution in [0.4, 0.5) is 5.69 Å². The average molecular weight is 370 g/mol. The van der Waals surface area contributed by atoms with E-state index in [-0.39, 0.29) is 17.7 Å². The van der Waals surface area contributed by atoms with Crippen molar-refractivity contribution in [3.63, 3.8) is 0 Å². The molecular weight excluding hydrogens is 352 g/mol. The van der Waals surface area contributed by atoms with Crippen LogP contribution in [0.3, 0.4) is 0 Å². The van der Waals surface area contributed by atoms with Crippen LogP contribution in [0.15, 0.2) is 42.7 Å². The first-order valence-electron chi connectivity index (χ1n) is 8.29. The van der Waals surface area contributed by atoms with Crippen LogP contribution < -0.4 is 9.47 Å². The van der Waals surface area contributed by atoms with Crippen LogP contribution in [-0.2, 0) is 4.79 Å². The fourth-order valence-corrected chi connectivity index (χ4v) is 2.66. The van der Waals surface area contributed by atoms with E-state index < -0.39 is 4.92 Å². The summed E-state index contributed by atoms with van der Waals surface area (Å²) < 4.78 is 10.8. The molecule has 27 heavy (non-hydrogen) atoms. The summed E-state index contributed by atoms with van der Waals surface area (Å²) in [6.45, 7) is 1.02. The Morgan fingerprint density at radius 3 is 2.74 bits per heavy atom. The first-order valence-corrected chi connectivity index (χ1v) is 8.29. The number of carbonyl (C=O) groups is 1. The largest absolute Gasteiger partial charge is 0.480 e. The Morgan fingerprint density at radius 1 is 1.30 bits per heavy atom. The molecule has 1 aromatic heterocycles. The van der Waals surface area contributed by atoms with E-state index in [9.17, 15) is 14.9 Å². The number of nitro groups is 1. The number of hydrogen-bond acceptors (Lipinski definition) is 7. The van der Waals surface area contributed by atoms with Crippen molar-refractivity contribution < 1.29 is 19.2 Å². The van der Waals surface area contributed by atoms with Gasteiger partial charge in [0.25, 0.3) is 5.69 Å². The topological polar surface area (TPSA) is 108 Å². The zero-order chi connectivity index (χ0) is 19.2. The van der Waals surface area contributed by atoms with Gasteiger partial charge in [0.15, 0.2) is 0 Å². The van der Waals surface area contributed by atoms with Gasteiger partial charge in [0.05, 0.1) is 31.0 Å². The number of aromatic nitrogens is 2. The SMILES string of the molecule is COc1cncc(OC2CCN(C(=O)/C=C/c3ccc([N+](=O)[O-])cc3)C2)n1. The van der Waals surface area contributed by atoms with Gasteiger partial charge in [-0.15, -0.1) is 0 Å². The quantitative estimate of drug-likeness (QED) is 0.435. The summed E-state index contributed by atoms with van der Waals surface area (Å²) in [7, 11) is 1.50. The highest BCUT2D eigenvalue weighted by molar-refractivity contribution is 5.92. The minimum atomic E-state index is -0.463. The number of hydrogen-bond donors (Lipinski definition) is 0. The van der Waals surface area contributed by atoms with Gasteiger partial charge in [-0.2, -0.15) is 4.98 Å². The van der Waals surface area contributed by atoms with Crippen molar-refractivity contribution in [1.29, 1.82) is 0 Å². The number of rotatable bonds is 6. The number of ether oxygens (including phenoxy) is 2. The molecule has 0 radical (unpaired) electrons. The number of non-ortho nitro benzene ring substituents is 1. The van der Waals surface area contributed by atoms with Crippen LogP contribution in [0.25, 0.3) is 6.08 Å². The van der Waals surface area contributed by atoms with Crippen LogP contribution in [0.1, 0.15) is 12.0 Å². The molecule has 0 N–H and O–H groups in total. The third kappa shape index (κ3) is 4.78. The molecule has 3 rings (SSSR count). The zero-order valence-electron chi connectivity index (χ0n) is 14.6. The lowest BCUT2D eigenvalue weighted by Gasteiger charge is -2.15. The van der Waals surface area contributed by atoms with Gasteiger partial charge < -0.3 is 14.4 Å². The molecule has 1 aromatic carbocycles. The Morgan fingerprint density at radius 2 is 2.04 bits per heavy atom. The third-order valence-corrected chi connectivity index (χ3v) is 4.07.